The van der Waals surface area contributed by atoms with E-state index in [2.05, 4.69) is 4.98 Å². The molecule has 2 rings (SSSR count). The zero-order valence-electron chi connectivity index (χ0n) is 7.15. The molecule has 3 nitrogen and oxygen atoms in total. The van der Waals surface area contributed by atoms with Crippen LogP contribution < -0.4 is 0 Å². The number of aryl methyl sites for hydroxylation is 1. The van der Waals surface area contributed by atoms with Crippen molar-refractivity contribution in [3.05, 3.63) is 29.1 Å². The number of rotatable bonds is 2. The van der Waals surface area contributed by atoms with E-state index in [-0.39, 0.29) is 6.61 Å². The van der Waals surface area contributed by atoms with Crippen LogP contribution in [-0.4, -0.2) is 10.1 Å². The van der Waals surface area contributed by atoms with Crippen molar-refractivity contribution in [2.75, 3.05) is 0 Å². The first-order chi connectivity index (χ1) is 6.31. The maximum Gasteiger partial charge on any atom is 0.145 e. The van der Waals surface area contributed by atoms with Crippen molar-refractivity contribution in [1.82, 2.24) is 4.98 Å². The number of furan rings is 1. The second-order valence-corrected chi connectivity index (χ2v) is 3.74. The fourth-order valence-electron chi connectivity index (χ4n) is 1.16. The molecule has 0 saturated carbocycles. The normalized spacial score (nSPS) is 10.6. The SMILES string of the molecule is Cc1nc(CO)sc1-c1ccco1. The Labute approximate surface area is 79.7 Å². The smallest absolute Gasteiger partial charge is 0.145 e. The average Bonchev–Trinajstić information content (AvgIpc) is 2.72. The second kappa shape index (κ2) is 3.32. The Morgan fingerprint density at radius 2 is 2.46 bits per heavy atom. The van der Waals surface area contributed by atoms with Gasteiger partial charge in [0, 0.05) is 0 Å². The molecule has 0 atom stereocenters. The summed E-state index contributed by atoms with van der Waals surface area (Å²) < 4.78 is 5.25. The Morgan fingerprint density at radius 3 is 3.00 bits per heavy atom. The fraction of sp³-hybridized carbons (Fsp3) is 0.222. The molecule has 0 spiro atoms. The summed E-state index contributed by atoms with van der Waals surface area (Å²) in [6.45, 7) is 1.90. The van der Waals surface area contributed by atoms with Crippen LogP contribution in [-0.2, 0) is 6.61 Å². The summed E-state index contributed by atoms with van der Waals surface area (Å²) in [6.07, 6.45) is 1.63. The zero-order chi connectivity index (χ0) is 9.26. The third-order valence-electron chi connectivity index (χ3n) is 1.72. The van der Waals surface area contributed by atoms with Crippen LogP contribution in [0.15, 0.2) is 22.8 Å². The molecular formula is C9H9NO2S. The average molecular weight is 195 g/mol. The van der Waals surface area contributed by atoms with E-state index in [1.165, 1.54) is 11.3 Å². The summed E-state index contributed by atoms with van der Waals surface area (Å²) >= 11 is 1.46. The quantitative estimate of drug-likeness (QED) is 0.799. The first-order valence-electron chi connectivity index (χ1n) is 3.92. The van der Waals surface area contributed by atoms with Gasteiger partial charge in [-0.2, -0.15) is 0 Å². The van der Waals surface area contributed by atoms with Crippen LogP contribution in [0.3, 0.4) is 0 Å². The standard InChI is InChI=1S/C9H9NO2S/c1-6-9(7-3-2-4-12-7)13-8(5-11)10-6/h2-4,11H,5H2,1H3. The highest BCUT2D eigenvalue weighted by Crippen LogP contribution is 2.29. The van der Waals surface area contributed by atoms with Gasteiger partial charge in [0.25, 0.3) is 0 Å². The Bertz CT molecular complexity index is 392. The van der Waals surface area contributed by atoms with Gasteiger partial charge in [0.2, 0.25) is 0 Å². The van der Waals surface area contributed by atoms with Crippen molar-refractivity contribution in [2.24, 2.45) is 0 Å². The lowest BCUT2D eigenvalue weighted by Crippen LogP contribution is -1.79. The van der Waals surface area contributed by atoms with Crippen LogP contribution in [0.5, 0.6) is 0 Å². The van der Waals surface area contributed by atoms with E-state index in [1.807, 2.05) is 19.1 Å². The molecule has 2 aromatic rings. The van der Waals surface area contributed by atoms with Crippen molar-refractivity contribution < 1.29 is 9.52 Å². The van der Waals surface area contributed by atoms with Gasteiger partial charge >= 0.3 is 0 Å². The van der Waals surface area contributed by atoms with Gasteiger partial charge in [-0.05, 0) is 19.1 Å². The number of hydrogen-bond donors (Lipinski definition) is 1. The van der Waals surface area contributed by atoms with Crippen molar-refractivity contribution in [2.45, 2.75) is 13.5 Å². The molecular weight excluding hydrogens is 186 g/mol. The molecule has 0 amide bonds. The summed E-state index contributed by atoms with van der Waals surface area (Å²) in [5, 5.41) is 9.62. The molecule has 0 aromatic carbocycles. The van der Waals surface area contributed by atoms with E-state index in [1.54, 1.807) is 6.26 Å². The van der Waals surface area contributed by atoms with E-state index < -0.39 is 0 Å². The van der Waals surface area contributed by atoms with E-state index >= 15 is 0 Å². The first-order valence-corrected chi connectivity index (χ1v) is 4.74. The minimum Gasteiger partial charge on any atom is -0.463 e. The van der Waals surface area contributed by atoms with Crippen LogP contribution in [0.1, 0.15) is 10.7 Å². The van der Waals surface area contributed by atoms with Crippen LogP contribution in [0.2, 0.25) is 0 Å². The predicted octanol–water partition coefficient (Wildman–Crippen LogP) is 2.20. The Kier molecular flexibility index (Phi) is 2.16. The fourth-order valence-corrected chi connectivity index (χ4v) is 2.05. The van der Waals surface area contributed by atoms with Crippen LogP contribution in [0, 0.1) is 6.92 Å². The highest BCUT2D eigenvalue weighted by atomic mass is 32.1. The topological polar surface area (TPSA) is 46.3 Å². The van der Waals surface area contributed by atoms with Gasteiger partial charge in [0.1, 0.15) is 10.8 Å². The molecule has 0 bridgehead atoms. The molecule has 0 aliphatic carbocycles. The van der Waals surface area contributed by atoms with Crippen LogP contribution >= 0.6 is 11.3 Å². The van der Waals surface area contributed by atoms with Crippen molar-refractivity contribution in [1.29, 1.82) is 0 Å². The Morgan fingerprint density at radius 1 is 1.62 bits per heavy atom. The van der Waals surface area contributed by atoms with Gasteiger partial charge < -0.3 is 9.52 Å². The van der Waals surface area contributed by atoms with Crippen molar-refractivity contribution >= 4 is 11.3 Å². The molecule has 0 aliphatic rings. The summed E-state index contributed by atoms with van der Waals surface area (Å²) in [6, 6.07) is 3.73. The molecule has 68 valence electrons. The van der Waals surface area contributed by atoms with Gasteiger partial charge in [0.05, 0.1) is 23.4 Å². The number of thiazole rings is 1. The van der Waals surface area contributed by atoms with Crippen molar-refractivity contribution in [3.63, 3.8) is 0 Å². The lowest BCUT2D eigenvalue weighted by Gasteiger charge is -1.89. The first kappa shape index (κ1) is 8.47. The minimum absolute atomic E-state index is 0.00772. The van der Waals surface area contributed by atoms with E-state index in [4.69, 9.17) is 9.52 Å². The Balaban J connectivity index is 2.46. The molecule has 0 saturated heterocycles. The molecule has 13 heavy (non-hydrogen) atoms. The molecule has 0 unspecified atom stereocenters. The summed E-state index contributed by atoms with van der Waals surface area (Å²) in [5.74, 6) is 0.815. The highest BCUT2D eigenvalue weighted by Gasteiger charge is 2.10. The monoisotopic (exact) mass is 195 g/mol. The zero-order valence-corrected chi connectivity index (χ0v) is 7.97. The summed E-state index contributed by atoms with van der Waals surface area (Å²) in [4.78, 5) is 5.19. The maximum absolute atomic E-state index is 8.89. The van der Waals surface area contributed by atoms with E-state index in [0.29, 0.717) is 0 Å². The number of aliphatic hydroxyl groups excluding tert-OH is 1. The number of aliphatic hydroxyl groups is 1. The third-order valence-corrected chi connectivity index (χ3v) is 2.88. The van der Waals surface area contributed by atoms with Gasteiger partial charge in [-0.1, -0.05) is 0 Å². The van der Waals surface area contributed by atoms with Gasteiger partial charge in [0.15, 0.2) is 0 Å². The predicted molar refractivity (Wildman–Crippen MR) is 50.5 cm³/mol. The minimum atomic E-state index is -0.00772. The number of hydrogen-bond acceptors (Lipinski definition) is 4. The summed E-state index contributed by atoms with van der Waals surface area (Å²) in [5.41, 5.74) is 0.906. The van der Waals surface area contributed by atoms with Gasteiger partial charge in [-0.15, -0.1) is 11.3 Å². The lowest BCUT2D eigenvalue weighted by molar-refractivity contribution is 0.281. The molecule has 0 aliphatic heterocycles. The molecule has 1 N–H and O–H groups in total. The Hall–Kier alpha value is -1.13. The third kappa shape index (κ3) is 1.50. The van der Waals surface area contributed by atoms with Crippen LogP contribution in [0.25, 0.3) is 10.6 Å². The second-order valence-electron chi connectivity index (χ2n) is 2.66. The maximum atomic E-state index is 8.89. The van der Waals surface area contributed by atoms with Crippen LogP contribution in [0.4, 0.5) is 0 Å². The molecule has 4 heteroatoms. The molecule has 2 aromatic heterocycles. The molecule has 0 fully saturated rings. The summed E-state index contributed by atoms with van der Waals surface area (Å²) in [7, 11) is 0. The molecule has 2 heterocycles. The largest absolute Gasteiger partial charge is 0.463 e. The van der Waals surface area contributed by atoms with Gasteiger partial charge in [-0.25, -0.2) is 4.98 Å². The highest BCUT2D eigenvalue weighted by molar-refractivity contribution is 7.15. The van der Waals surface area contributed by atoms with Gasteiger partial charge in [-0.3, -0.25) is 0 Å². The number of aromatic nitrogens is 1. The number of nitrogens with zero attached hydrogens (tertiary/aromatic N) is 1. The van der Waals surface area contributed by atoms with E-state index in [0.717, 1.165) is 21.3 Å². The van der Waals surface area contributed by atoms with E-state index in [9.17, 15) is 0 Å². The molecule has 0 radical (unpaired) electrons. The van der Waals surface area contributed by atoms with Crippen molar-refractivity contribution in [3.8, 4) is 10.6 Å². The lowest BCUT2D eigenvalue weighted by atomic mass is 10.3.